The molecule has 0 unspecified atom stereocenters. The van der Waals surface area contributed by atoms with Gasteiger partial charge in [-0.2, -0.15) is 21.6 Å². The number of benzene rings is 1. The predicted molar refractivity (Wildman–Crippen MR) is 141 cm³/mol. The molecule has 0 fully saturated rings. The maximum absolute atomic E-state index is 13.2. The minimum Gasteiger partial charge on any atom is -0.472 e. The highest BCUT2D eigenvalue weighted by Crippen LogP contribution is 2.48. The van der Waals surface area contributed by atoms with Crippen LogP contribution in [0.3, 0.4) is 0 Å². The van der Waals surface area contributed by atoms with Crippen molar-refractivity contribution in [2.24, 2.45) is 0 Å². The first-order valence-corrected chi connectivity index (χ1v) is 13.8. The third-order valence-electron chi connectivity index (χ3n) is 6.07. The molecular weight excluding hydrogens is 589 g/mol. The molecule has 0 atom stereocenters. The smallest absolute Gasteiger partial charge is 0.472 e. The van der Waals surface area contributed by atoms with Gasteiger partial charge in [-0.1, -0.05) is 25.1 Å². The number of para-hydroxylation sites is 1. The molecule has 1 aliphatic carbocycles. The van der Waals surface area contributed by atoms with Crippen molar-refractivity contribution < 1.29 is 30.8 Å². The average molecular weight is 613 g/mol. The SMILES string of the molecule is CCCc1nc(C)c(C(=O)NC)n1Cc1c2ccocc-2c(Br)c1-c1ccccc1NS(=O)(=O)C(F)(F)F. The molecule has 13 heteroatoms. The second kappa shape index (κ2) is 10.4. The van der Waals surface area contributed by atoms with Crippen LogP contribution < -0.4 is 10.0 Å². The Morgan fingerprint density at radius 3 is 2.53 bits per heavy atom. The number of nitrogens with one attached hydrogen (secondary N) is 2. The quantitative estimate of drug-likeness (QED) is 0.256. The Labute approximate surface area is 225 Å². The van der Waals surface area contributed by atoms with Crippen LogP contribution in [-0.4, -0.2) is 36.4 Å². The second-order valence-electron chi connectivity index (χ2n) is 8.53. The molecule has 2 aliphatic rings. The summed E-state index contributed by atoms with van der Waals surface area (Å²) in [6.07, 6.45) is 4.31. The van der Waals surface area contributed by atoms with E-state index in [9.17, 15) is 26.4 Å². The van der Waals surface area contributed by atoms with Crippen molar-refractivity contribution >= 4 is 37.5 Å². The van der Waals surface area contributed by atoms with Gasteiger partial charge in [-0.3, -0.25) is 9.52 Å². The van der Waals surface area contributed by atoms with Gasteiger partial charge in [0.1, 0.15) is 11.5 Å². The maximum atomic E-state index is 13.2. The van der Waals surface area contributed by atoms with E-state index in [2.05, 4.69) is 26.2 Å². The molecule has 1 amide bonds. The van der Waals surface area contributed by atoms with Crippen molar-refractivity contribution in [2.75, 3.05) is 11.8 Å². The van der Waals surface area contributed by atoms with E-state index in [0.717, 1.165) is 6.42 Å². The van der Waals surface area contributed by atoms with Crippen LogP contribution in [0.25, 0.3) is 22.3 Å². The molecule has 1 aliphatic heterocycles. The van der Waals surface area contributed by atoms with Gasteiger partial charge >= 0.3 is 15.5 Å². The molecule has 1 aromatic carbocycles. The fraction of sp³-hybridized carbons (Fsp3) is 0.280. The number of aromatic nitrogens is 2. The van der Waals surface area contributed by atoms with Crippen molar-refractivity contribution in [3.63, 3.8) is 0 Å². The molecule has 2 N–H and O–H groups in total. The fourth-order valence-electron chi connectivity index (χ4n) is 4.42. The molecule has 0 saturated heterocycles. The Morgan fingerprint density at radius 1 is 1.16 bits per heavy atom. The Kier molecular flexibility index (Phi) is 7.62. The first-order valence-electron chi connectivity index (χ1n) is 11.5. The van der Waals surface area contributed by atoms with Crippen LogP contribution in [0, 0.1) is 6.92 Å². The number of fused-ring (bicyclic) bond motifs is 1. The van der Waals surface area contributed by atoms with Gasteiger partial charge in [0.2, 0.25) is 0 Å². The number of rotatable bonds is 8. The molecule has 1 aromatic heterocycles. The highest BCUT2D eigenvalue weighted by molar-refractivity contribution is 9.10. The number of amides is 1. The lowest BCUT2D eigenvalue weighted by atomic mass is 10.0. The summed E-state index contributed by atoms with van der Waals surface area (Å²) in [5.74, 6) is 0.342. The molecule has 2 aromatic rings. The van der Waals surface area contributed by atoms with Crippen LogP contribution in [0.1, 0.15) is 40.9 Å². The lowest BCUT2D eigenvalue weighted by Crippen LogP contribution is -2.30. The lowest BCUT2D eigenvalue weighted by molar-refractivity contribution is -0.0429. The third-order valence-corrected chi connectivity index (χ3v) is 7.99. The number of carbonyl (C=O) groups excluding carboxylic acids is 1. The van der Waals surface area contributed by atoms with Crippen LogP contribution in [0.5, 0.6) is 0 Å². The van der Waals surface area contributed by atoms with Gasteiger partial charge in [0.05, 0.1) is 30.5 Å². The zero-order valence-electron chi connectivity index (χ0n) is 20.6. The summed E-state index contributed by atoms with van der Waals surface area (Å²) in [5.41, 5.74) is -2.20. The van der Waals surface area contributed by atoms with Gasteiger partial charge in [0.25, 0.3) is 5.91 Å². The van der Waals surface area contributed by atoms with E-state index in [4.69, 9.17) is 4.42 Å². The number of hydrogen-bond acceptors (Lipinski definition) is 5. The highest BCUT2D eigenvalue weighted by atomic mass is 79.9. The first-order chi connectivity index (χ1) is 17.9. The molecule has 8 nitrogen and oxygen atoms in total. The van der Waals surface area contributed by atoms with E-state index in [-0.39, 0.29) is 23.7 Å². The molecule has 4 rings (SSSR count). The van der Waals surface area contributed by atoms with Crippen molar-refractivity contribution in [3.8, 4) is 22.3 Å². The number of halogens is 4. The zero-order valence-corrected chi connectivity index (χ0v) is 23.0. The van der Waals surface area contributed by atoms with E-state index in [1.807, 2.05) is 6.92 Å². The largest absolute Gasteiger partial charge is 0.516 e. The molecular formula is C25H24BrF3N4O4S. The van der Waals surface area contributed by atoms with Crippen LogP contribution in [0.4, 0.5) is 18.9 Å². The van der Waals surface area contributed by atoms with Crippen LogP contribution in [0.2, 0.25) is 0 Å². The van der Waals surface area contributed by atoms with E-state index in [1.54, 1.807) is 28.3 Å². The zero-order chi connectivity index (χ0) is 27.8. The molecule has 0 spiro atoms. The van der Waals surface area contributed by atoms with Crippen molar-refractivity contribution in [3.05, 3.63) is 70.1 Å². The van der Waals surface area contributed by atoms with Crippen LogP contribution in [-0.2, 0) is 23.0 Å². The van der Waals surface area contributed by atoms with E-state index in [0.29, 0.717) is 50.4 Å². The number of hydrogen-bond donors (Lipinski definition) is 2. The molecule has 0 radical (unpaired) electrons. The normalized spacial score (nSPS) is 12.2. The molecule has 0 bridgehead atoms. The summed E-state index contributed by atoms with van der Waals surface area (Å²) in [6, 6.07) is 7.53. The first kappa shape index (κ1) is 27.7. The van der Waals surface area contributed by atoms with E-state index >= 15 is 0 Å². The van der Waals surface area contributed by atoms with Crippen molar-refractivity contribution in [1.82, 2.24) is 14.9 Å². The Bertz CT molecular complexity index is 1580. The van der Waals surface area contributed by atoms with Crippen molar-refractivity contribution in [2.45, 2.75) is 38.7 Å². The predicted octanol–water partition coefficient (Wildman–Crippen LogP) is 5.94. The minimum atomic E-state index is -5.68. The van der Waals surface area contributed by atoms with Gasteiger partial charge in [-0.15, -0.1) is 0 Å². The van der Waals surface area contributed by atoms with Gasteiger partial charge in [0.15, 0.2) is 0 Å². The summed E-state index contributed by atoms with van der Waals surface area (Å²) in [4.78, 5) is 17.4. The number of imidazole rings is 1. The number of sulfonamides is 1. The summed E-state index contributed by atoms with van der Waals surface area (Å²) in [6.45, 7) is 3.86. The highest BCUT2D eigenvalue weighted by Gasteiger charge is 2.46. The molecule has 0 saturated carbocycles. The summed E-state index contributed by atoms with van der Waals surface area (Å²) in [7, 11) is -4.16. The Hall–Kier alpha value is -3.32. The second-order valence-corrected chi connectivity index (χ2v) is 11.0. The monoisotopic (exact) mass is 612 g/mol. The van der Waals surface area contributed by atoms with Crippen molar-refractivity contribution in [1.29, 1.82) is 0 Å². The standard InChI is InChI=1S/C25H24BrF3N4O4S/c1-4-7-20-31-14(2)23(24(34)30-3)33(20)12-17-15-10-11-37-13-18(15)22(26)21(17)16-8-5-6-9-19(16)32-38(35,36)25(27,28)29/h5-6,8-11,13,32H,4,7,12H2,1-3H3,(H,30,34). The van der Waals surface area contributed by atoms with Crippen LogP contribution in [0.15, 0.2) is 51.7 Å². The van der Waals surface area contributed by atoms with Gasteiger partial charge in [0, 0.05) is 34.6 Å². The Morgan fingerprint density at radius 2 is 1.87 bits per heavy atom. The summed E-state index contributed by atoms with van der Waals surface area (Å²) >= 11 is 3.56. The maximum Gasteiger partial charge on any atom is 0.516 e. The van der Waals surface area contributed by atoms with E-state index < -0.39 is 15.5 Å². The number of alkyl halides is 3. The van der Waals surface area contributed by atoms with Gasteiger partial charge in [-0.05, 0) is 52.5 Å². The minimum absolute atomic E-state index is 0.140. The third kappa shape index (κ3) is 4.92. The Balaban J connectivity index is 1.98. The fourth-order valence-corrected chi connectivity index (χ4v) is 5.76. The topological polar surface area (TPSA) is 106 Å². The number of carbonyl (C=O) groups is 1. The number of nitrogens with zero attached hydrogens (tertiary/aromatic N) is 2. The molecule has 202 valence electrons. The van der Waals surface area contributed by atoms with Gasteiger partial charge < -0.3 is 14.3 Å². The average Bonchev–Trinajstić information content (AvgIpc) is 3.32. The van der Waals surface area contributed by atoms with Gasteiger partial charge in [-0.25, -0.2) is 4.98 Å². The number of aryl methyl sites for hydroxylation is 2. The molecule has 2 heterocycles. The lowest BCUT2D eigenvalue weighted by Gasteiger charge is -2.17. The van der Waals surface area contributed by atoms with E-state index in [1.165, 1.54) is 37.8 Å². The number of anilines is 1. The summed E-state index contributed by atoms with van der Waals surface area (Å²) in [5, 5.41) is 2.63. The summed E-state index contributed by atoms with van der Waals surface area (Å²) < 4.78 is 73.0. The van der Waals surface area contributed by atoms with Crippen LogP contribution >= 0.6 is 15.9 Å². The molecule has 38 heavy (non-hydrogen) atoms.